The van der Waals surface area contributed by atoms with Crippen LogP contribution >= 0.6 is 11.6 Å². The highest BCUT2D eigenvalue weighted by Gasteiger charge is 2.19. The summed E-state index contributed by atoms with van der Waals surface area (Å²) < 4.78 is 13.7. The van der Waals surface area contributed by atoms with Crippen molar-refractivity contribution in [3.05, 3.63) is 34.1 Å². The number of hydrogen-bond acceptors (Lipinski definition) is 2. The Morgan fingerprint density at radius 1 is 1.59 bits per heavy atom. The van der Waals surface area contributed by atoms with E-state index in [2.05, 4.69) is 0 Å². The second-order valence-electron chi connectivity index (χ2n) is 4.14. The summed E-state index contributed by atoms with van der Waals surface area (Å²) >= 11 is 5.95. The number of carbonyl (C=O) groups is 1. The van der Waals surface area contributed by atoms with Crippen LogP contribution in [0.1, 0.15) is 18.1 Å². The van der Waals surface area contributed by atoms with Gasteiger partial charge in [-0.25, -0.2) is 4.39 Å². The lowest BCUT2D eigenvalue weighted by atomic mass is 10.1. The maximum Gasteiger partial charge on any atom is 0.320 e. The van der Waals surface area contributed by atoms with Crippen molar-refractivity contribution >= 4 is 17.6 Å². The fourth-order valence-corrected chi connectivity index (χ4v) is 1.78. The second-order valence-corrected chi connectivity index (χ2v) is 4.54. The van der Waals surface area contributed by atoms with Crippen LogP contribution in [0.2, 0.25) is 5.02 Å². The molecule has 0 saturated heterocycles. The van der Waals surface area contributed by atoms with Crippen molar-refractivity contribution in [3.63, 3.8) is 0 Å². The number of benzene rings is 1. The number of halogens is 2. The van der Waals surface area contributed by atoms with Crippen LogP contribution in [-0.2, 0) is 11.3 Å². The number of rotatable bonds is 4. The normalized spacial score (nSPS) is 12.8. The zero-order valence-electron chi connectivity index (χ0n) is 10.00. The van der Waals surface area contributed by atoms with E-state index < -0.39 is 17.8 Å². The smallest absolute Gasteiger partial charge is 0.320 e. The van der Waals surface area contributed by atoms with Crippen molar-refractivity contribution in [2.45, 2.75) is 26.4 Å². The average Bonchev–Trinajstić information content (AvgIpc) is 2.21. The van der Waals surface area contributed by atoms with Gasteiger partial charge < -0.3 is 5.11 Å². The monoisotopic (exact) mass is 259 g/mol. The summed E-state index contributed by atoms with van der Waals surface area (Å²) in [5.74, 6) is -1.35. The third kappa shape index (κ3) is 3.41. The van der Waals surface area contributed by atoms with Crippen molar-refractivity contribution in [1.29, 1.82) is 0 Å². The quantitative estimate of drug-likeness (QED) is 0.904. The Kier molecular flexibility index (Phi) is 4.48. The molecule has 0 aliphatic carbocycles. The zero-order chi connectivity index (χ0) is 13.2. The topological polar surface area (TPSA) is 40.5 Å². The van der Waals surface area contributed by atoms with Crippen LogP contribution in [0.3, 0.4) is 0 Å². The van der Waals surface area contributed by atoms with Gasteiger partial charge in [0.15, 0.2) is 0 Å². The molecule has 1 aromatic carbocycles. The predicted molar refractivity (Wildman–Crippen MR) is 64.7 cm³/mol. The van der Waals surface area contributed by atoms with Gasteiger partial charge in [-0.15, -0.1) is 0 Å². The predicted octanol–water partition coefficient (Wildman–Crippen LogP) is 2.69. The van der Waals surface area contributed by atoms with Crippen molar-refractivity contribution in [1.82, 2.24) is 4.90 Å². The molecule has 94 valence electrons. The molecule has 0 saturated carbocycles. The molecule has 0 heterocycles. The van der Waals surface area contributed by atoms with Crippen LogP contribution in [0.5, 0.6) is 0 Å². The molecule has 0 aromatic heterocycles. The fourth-order valence-electron chi connectivity index (χ4n) is 1.46. The number of hydrogen-bond donors (Lipinski definition) is 1. The first-order valence-electron chi connectivity index (χ1n) is 5.20. The summed E-state index contributed by atoms with van der Waals surface area (Å²) in [5.41, 5.74) is 1.07. The molecule has 0 aliphatic heterocycles. The summed E-state index contributed by atoms with van der Waals surface area (Å²) in [6.07, 6.45) is 0. The van der Waals surface area contributed by atoms with Crippen LogP contribution < -0.4 is 0 Å². The molecule has 1 N–H and O–H groups in total. The van der Waals surface area contributed by atoms with Gasteiger partial charge >= 0.3 is 5.97 Å². The number of nitrogens with zero attached hydrogens (tertiary/aromatic N) is 1. The van der Waals surface area contributed by atoms with Crippen molar-refractivity contribution < 1.29 is 14.3 Å². The van der Waals surface area contributed by atoms with Gasteiger partial charge in [0.05, 0.1) is 0 Å². The van der Waals surface area contributed by atoms with Gasteiger partial charge in [0.1, 0.15) is 11.9 Å². The molecule has 1 rings (SSSR count). The molecule has 5 heteroatoms. The molecular formula is C12H15ClFNO2. The van der Waals surface area contributed by atoms with Gasteiger partial charge in [0.25, 0.3) is 0 Å². The van der Waals surface area contributed by atoms with Crippen molar-refractivity contribution in [3.8, 4) is 0 Å². The molecule has 0 aliphatic rings. The molecule has 0 fully saturated rings. The Balaban J connectivity index is 2.92. The van der Waals surface area contributed by atoms with Gasteiger partial charge in [-0.1, -0.05) is 11.6 Å². The SMILES string of the molecule is Cc1cc(F)c(CN(C)C(C)C(=O)O)c(Cl)c1. The first kappa shape index (κ1) is 13.9. The van der Waals surface area contributed by atoms with E-state index >= 15 is 0 Å². The molecule has 0 amide bonds. The molecular weight excluding hydrogens is 245 g/mol. The van der Waals surface area contributed by atoms with E-state index in [9.17, 15) is 9.18 Å². The van der Waals surface area contributed by atoms with E-state index in [4.69, 9.17) is 16.7 Å². The Morgan fingerprint density at radius 2 is 2.18 bits per heavy atom. The Morgan fingerprint density at radius 3 is 2.65 bits per heavy atom. The number of aliphatic carboxylic acids is 1. The van der Waals surface area contributed by atoms with Gasteiger partial charge in [-0.2, -0.15) is 0 Å². The number of likely N-dealkylation sites (N-methyl/N-ethyl adjacent to an activating group) is 1. The maximum atomic E-state index is 13.7. The average molecular weight is 260 g/mol. The van der Waals surface area contributed by atoms with Crippen LogP contribution in [-0.4, -0.2) is 29.1 Å². The maximum absolute atomic E-state index is 13.7. The van der Waals surface area contributed by atoms with E-state index in [0.717, 1.165) is 5.56 Å². The third-order valence-electron chi connectivity index (χ3n) is 2.71. The fraction of sp³-hybridized carbons (Fsp3) is 0.417. The van der Waals surface area contributed by atoms with E-state index in [1.54, 1.807) is 27.0 Å². The number of aryl methyl sites for hydroxylation is 1. The summed E-state index contributed by atoms with van der Waals surface area (Å²) in [6, 6.07) is 2.37. The lowest BCUT2D eigenvalue weighted by Gasteiger charge is -2.22. The first-order chi connectivity index (χ1) is 7.82. The van der Waals surface area contributed by atoms with Crippen LogP contribution in [0.4, 0.5) is 4.39 Å². The molecule has 0 bridgehead atoms. The van der Waals surface area contributed by atoms with Crippen LogP contribution in [0, 0.1) is 12.7 Å². The summed E-state index contributed by atoms with van der Waals surface area (Å²) in [4.78, 5) is 12.3. The molecule has 1 aromatic rings. The van der Waals surface area contributed by atoms with Crippen molar-refractivity contribution in [2.24, 2.45) is 0 Å². The number of carboxylic acid groups (broad SMARTS) is 1. The molecule has 0 radical (unpaired) electrons. The Labute approximate surface area is 105 Å². The van der Waals surface area contributed by atoms with Crippen LogP contribution in [0.25, 0.3) is 0 Å². The van der Waals surface area contributed by atoms with Gasteiger partial charge in [0, 0.05) is 17.1 Å². The van der Waals surface area contributed by atoms with Crippen molar-refractivity contribution in [2.75, 3.05) is 7.05 Å². The standard InChI is InChI=1S/C12H15ClFNO2/c1-7-4-10(13)9(11(14)5-7)6-15(3)8(2)12(16)17/h4-5,8H,6H2,1-3H3,(H,16,17). The van der Waals surface area contributed by atoms with Crippen LogP contribution in [0.15, 0.2) is 12.1 Å². The summed E-state index contributed by atoms with van der Waals surface area (Å²) in [7, 11) is 1.62. The Hall–Kier alpha value is -1.13. The molecule has 3 nitrogen and oxygen atoms in total. The van der Waals surface area contributed by atoms with E-state index in [0.29, 0.717) is 10.6 Å². The number of carboxylic acids is 1. The summed E-state index contributed by atoms with van der Waals surface area (Å²) in [5, 5.41) is 9.17. The minimum atomic E-state index is -0.948. The summed E-state index contributed by atoms with van der Waals surface area (Å²) in [6.45, 7) is 3.46. The highest BCUT2D eigenvalue weighted by atomic mass is 35.5. The highest BCUT2D eigenvalue weighted by Crippen LogP contribution is 2.23. The minimum Gasteiger partial charge on any atom is -0.480 e. The lowest BCUT2D eigenvalue weighted by Crippen LogP contribution is -2.35. The minimum absolute atomic E-state index is 0.165. The molecule has 17 heavy (non-hydrogen) atoms. The van der Waals surface area contributed by atoms with E-state index in [1.807, 2.05) is 0 Å². The second kappa shape index (κ2) is 5.47. The largest absolute Gasteiger partial charge is 0.480 e. The van der Waals surface area contributed by atoms with Gasteiger partial charge in [0.2, 0.25) is 0 Å². The van der Waals surface area contributed by atoms with Gasteiger partial charge in [-0.3, -0.25) is 9.69 Å². The third-order valence-corrected chi connectivity index (χ3v) is 3.05. The lowest BCUT2D eigenvalue weighted by molar-refractivity contribution is -0.142. The zero-order valence-corrected chi connectivity index (χ0v) is 10.8. The molecule has 1 atom stereocenters. The van der Waals surface area contributed by atoms with E-state index in [-0.39, 0.29) is 6.54 Å². The molecule has 1 unspecified atom stereocenters. The Bertz CT molecular complexity index is 414. The molecule has 0 spiro atoms. The van der Waals surface area contributed by atoms with Gasteiger partial charge in [-0.05, 0) is 38.6 Å². The first-order valence-corrected chi connectivity index (χ1v) is 5.58. The highest BCUT2D eigenvalue weighted by molar-refractivity contribution is 6.31. The van der Waals surface area contributed by atoms with E-state index in [1.165, 1.54) is 11.0 Å².